The molecule has 28 heavy (non-hydrogen) atoms. The number of thiocarbonyl (C=S) groups is 1. The molecule has 1 fully saturated rings. The van der Waals surface area contributed by atoms with Crippen LogP contribution in [-0.2, 0) is 6.42 Å². The molecule has 3 heterocycles. The molecular formula is C23H26N4S. The predicted molar refractivity (Wildman–Crippen MR) is 118 cm³/mol. The number of para-hydroxylation sites is 1. The summed E-state index contributed by atoms with van der Waals surface area (Å²) in [6, 6.07) is 17.1. The molecule has 0 spiro atoms. The van der Waals surface area contributed by atoms with Crippen LogP contribution in [0.25, 0.3) is 5.69 Å². The first-order chi connectivity index (χ1) is 13.5. The Kier molecular flexibility index (Phi) is 4.94. The Hall–Kier alpha value is -2.66. The zero-order valence-electron chi connectivity index (χ0n) is 16.8. The van der Waals surface area contributed by atoms with Crippen molar-refractivity contribution in [3.63, 3.8) is 0 Å². The van der Waals surface area contributed by atoms with Gasteiger partial charge in [0.2, 0.25) is 0 Å². The van der Waals surface area contributed by atoms with Gasteiger partial charge in [-0.05, 0) is 67.9 Å². The first-order valence-electron chi connectivity index (χ1n) is 9.74. The fourth-order valence-corrected chi connectivity index (χ4v) is 4.57. The maximum absolute atomic E-state index is 5.59. The summed E-state index contributed by atoms with van der Waals surface area (Å²) >= 11 is 5.59. The van der Waals surface area contributed by atoms with E-state index in [0.29, 0.717) is 0 Å². The van der Waals surface area contributed by atoms with Gasteiger partial charge in [0, 0.05) is 30.3 Å². The molecule has 4 nitrogen and oxygen atoms in total. The lowest BCUT2D eigenvalue weighted by Gasteiger charge is -2.24. The number of nitrogens with zero attached hydrogens (tertiary/aromatic N) is 3. The highest BCUT2D eigenvalue weighted by Gasteiger charge is 2.39. The minimum Gasteiger partial charge on any atom is -0.352 e. The normalized spacial score (nSPS) is 19.1. The van der Waals surface area contributed by atoms with E-state index in [-0.39, 0.29) is 12.1 Å². The molecule has 1 aliphatic heterocycles. The van der Waals surface area contributed by atoms with E-state index in [9.17, 15) is 0 Å². The highest BCUT2D eigenvalue weighted by molar-refractivity contribution is 7.80. The number of hydrogen-bond acceptors (Lipinski definition) is 2. The first-order valence-corrected chi connectivity index (χ1v) is 10.1. The van der Waals surface area contributed by atoms with Crippen molar-refractivity contribution in [1.82, 2.24) is 19.8 Å². The molecule has 2 aromatic heterocycles. The Morgan fingerprint density at radius 2 is 1.86 bits per heavy atom. The third-order valence-corrected chi connectivity index (χ3v) is 6.15. The highest BCUT2D eigenvalue weighted by atomic mass is 32.1. The Morgan fingerprint density at radius 3 is 2.57 bits per heavy atom. The summed E-state index contributed by atoms with van der Waals surface area (Å²) < 4.78 is 2.37. The van der Waals surface area contributed by atoms with E-state index < -0.39 is 0 Å². The monoisotopic (exact) mass is 390 g/mol. The second-order valence-corrected chi connectivity index (χ2v) is 7.77. The van der Waals surface area contributed by atoms with Crippen molar-refractivity contribution >= 4 is 17.3 Å². The van der Waals surface area contributed by atoms with Crippen LogP contribution in [0.2, 0.25) is 0 Å². The summed E-state index contributed by atoms with van der Waals surface area (Å²) in [6.07, 6.45) is 2.85. The zero-order valence-corrected chi connectivity index (χ0v) is 17.6. The molecule has 1 saturated heterocycles. The van der Waals surface area contributed by atoms with Crippen LogP contribution in [0, 0.1) is 13.8 Å². The van der Waals surface area contributed by atoms with Crippen LogP contribution in [0.3, 0.4) is 0 Å². The van der Waals surface area contributed by atoms with Crippen molar-refractivity contribution in [2.75, 3.05) is 7.05 Å². The lowest BCUT2D eigenvalue weighted by atomic mass is 9.97. The van der Waals surface area contributed by atoms with E-state index in [1.807, 2.05) is 18.3 Å². The molecule has 0 bridgehead atoms. The number of likely N-dealkylation sites (N-methyl/N-ethyl adjacent to an activating group) is 1. The van der Waals surface area contributed by atoms with Crippen LogP contribution in [0.4, 0.5) is 0 Å². The number of benzene rings is 1. The van der Waals surface area contributed by atoms with Crippen molar-refractivity contribution in [3.8, 4) is 5.69 Å². The summed E-state index contributed by atoms with van der Waals surface area (Å²) in [5, 5.41) is 4.24. The van der Waals surface area contributed by atoms with E-state index >= 15 is 0 Å². The second kappa shape index (κ2) is 7.40. The molecule has 1 aliphatic rings. The summed E-state index contributed by atoms with van der Waals surface area (Å²) in [7, 11) is 2.06. The van der Waals surface area contributed by atoms with E-state index in [1.54, 1.807) is 0 Å². The van der Waals surface area contributed by atoms with Crippen LogP contribution in [0.1, 0.15) is 47.2 Å². The number of aryl methyl sites for hydroxylation is 2. The van der Waals surface area contributed by atoms with Gasteiger partial charge in [-0.25, -0.2) is 0 Å². The average molecular weight is 391 g/mol. The molecule has 0 amide bonds. The fraction of sp³-hybridized carbons (Fsp3) is 0.304. The van der Waals surface area contributed by atoms with E-state index in [0.717, 1.165) is 17.2 Å². The van der Waals surface area contributed by atoms with Crippen molar-refractivity contribution in [3.05, 3.63) is 82.9 Å². The molecule has 1 aromatic carbocycles. The Morgan fingerprint density at radius 1 is 1.11 bits per heavy atom. The van der Waals surface area contributed by atoms with Gasteiger partial charge in [0.15, 0.2) is 5.11 Å². The standard InChI is InChI=1S/C23H26N4S/c1-5-17-10-6-7-12-20(17)27-15(2)14-18(16(27)3)22-21(25-23(28)26(22)4)19-11-8-9-13-24-19/h6-14,21-22H,5H2,1-4H3,(H,25,28)/t21-,22-/m1/s1. The summed E-state index contributed by atoms with van der Waals surface area (Å²) in [5.74, 6) is 0. The van der Waals surface area contributed by atoms with Crippen LogP contribution in [0.5, 0.6) is 0 Å². The minimum absolute atomic E-state index is 0.0362. The topological polar surface area (TPSA) is 33.1 Å². The number of hydrogen-bond donors (Lipinski definition) is 1. The molecule has 0 radical (unpaired) electrons. The molecule has 5 heteroatoms. The van der Waals surface area contributed by atoms with Crippen LogP contribution >= 0.6 is 12.2 Å². The Bertz CT molecular complexity index is 1010. The number of nitrogens with one attached hydrogen (secondary N) is 1. The summed E-state index contributed by atoms with van der Waals surface area (Å²) in [4.78, 5) is 6.75. The maximum atomic E-state index is 5.59. The van der Waals surface area contributed by atoms with Crippen molar-refractivity contribution in [2.45, 2.75) is 39.3 Å². The molecule has 0 aliphatic carbocycles. The highest BCUT2D eigenvalue weighted by Crippen LogP contribution is 2.40. The van der Waals surface area contributed by atoms with Crippen LogP contribution in [-0.4, -0.2) is 26.6 Å². The van der Waals surface area contributed by atoms with Crippen molar-refractivity contribution in [1.29, 1.82) is 0 Å². The average Bonchev–Trinajstić information content (AvgIpc) is 3.17. The SMILES string of the molecule is CCc1ccccc1-n1c(C)cc([C@@H]2[C@@H](c3ccccn3)NC(=S)N2C)c1C. The van der Waals surface area contributed by atoms with Gasteiger partial charge >= 0.3 is 0 Å². The van der Waals surface area contributed by atoms with E-state index in [1.165, 1.54) is 28.2 Å². The smallest absolute Gasteiger partial charge is 0.169 e. The zero-order chi connectivity index (χ0) is 19.8. The van der Waals surface area contributed by atoms with Crippen molar-refractivity contribution < 1.29 is 0 Å². The van der Waals surface area contributed by atoms with Gasteiger partial charge in [0.05, 0.1) is 17.8 Å². The molecule has 2 atom stereocenters. The molecule has 4 rings (SSSR count). The molecule has 0 unspecified atom stereocenters. The number of aromatic nitrogens is 2. The molecule has 144 valence electrons. The third-order valence-electron chi connectivity index (χ3n) is 5.74. The number of rotatable bonds is 4. The minimum atomic E-state index is 0.0362. The largest absolute Gasteiger partial charge is 0.352 e. The fourth-order valence-electron chi connectivity index (χ4n) is 4.33. The Labute approximate surface area is 172 Å². The second-order valence-electron chi connectivity index (χ2n) is 7.38. The lowest BCUT2D eigenvalue weighted by molar-refractivity contribution is 0.367. The van der Waals surface area contributed by atoms with Crippen LogP contribution < -0.4 is 5.32 Å². The Balaban J connectivity index is 1.84. The third kappa shape index (κ3) is 3.00. The van der Waals surface area contributed by atoms with Gasteiger partial charge < -0.3 is 14.8 Å². The predicted octanol–water partition coefficient (Wildman–Crippen LogP) is 4.65. The van der Waals surface area contributed by atoms with E-state index in [4.69, 9.17) is 12.2 Å². The maximum Gasteiger partial charge on any atom is 0.169 e. The van der Waals surface area contributed by atoms with Crippen LogP contribution in [0.15, 0.2) is 54.7 Å². The number of pyridine rings is 1. The van der Waals surface area contributed by atoms with Gasteiger partial charge in [-0.15, -0.1) is 0 Å². The summed E-state index contributed by atoms with van der Waals surface area (Å²) in [6.45, 7) is 6.59. The van der Waals surface area contributed by atoms with Gasteiger partial charge in [-0.3, -0.25) is 4.98 Å². The molecular weight excluding hydrogens is 364 g/mol. The quantitative estimate of drug-likeness (QED) is 0.657. The molecule has 0 saturated carbocycles. The first kappa shape index (κ1) is 18.7. The summed E-state index contributed by atoms with van der Waals surface area (Å²) in [5.41, 5.74) is 7.40. The lowest BCUT2D eigenvalue weighted by Crippen LogP contribution is -2.25. The van der Waals surface area contributed by atoms with Crippen molar-refractivity contribution in [2.24, 2.45) is 0 Å². The van der Waals surface area contributed by atoms with Gasteiger partial charge in [0.1, 0.15) is 0 Å². The van der Waals surface area contributed by atoms with Gasteiger partial charge in [-0.2, -0.15) is 0 Å². The molecule has 1 N–H and O–H groups in total. The van der Waals surface area contributed by atoms with Gasteiger partial charge in [-0.1, -0.05) is 31.2 Å². The molecule has 3 aromatic rings. The van der Waals surface area contributed by atoms with Gasteiger partial charge in [0.25, 0.3) is 0 Å². The van der Waals surface area contributed by atoms with E-state index in [2.05, 4.69) is 84.0 Å².